The molecule has 4 rings (SSSR count). The summed E-state index contributed by atoms with van der Waals surface area (Å²) in [5, 5.41) is 0.325. The number of esters is 1. The molecule has 3 aromatic carbocycles. The second kappa shape index (κ2) is 8.63. The Kier molecular flexibility index (Phi) is 5.86. The number of benzene rings is 3. The largest absolute Gasteiger partial charge is 0.497 e. The molecule has 0 saturated carbocycles. The molecule has 4 aromatic rings. The number of carbonyl (C=O) groups is 1. The third-order valence-electron chi connectivity index (χ3n) is 4.79. The summed E-state index contributed by atoms with van der Waals surface area (Å²) >= 11 is 5.79. The van der Waals surface area contributed by atoms with Crippen molar-refractivity contribution in [3.63, 3.8) is 0 Å². The van der Waals surface area contributed by atoms with Crippen molar-refractivity contribution in [2.24, 2.45) is 0 Å². The van der Waals surface area contributed by atoms with Crippen LogP contribution in [0.1, 0.15) is 16.1 Å². The number of hydrogen-bond donors (Lipinski definition) is 0. The molecule has 0 amide bonds. The smallest absolute Gasteiger partial charge is 0.450 e. The number of hydrogen-bond acceptors (Lipinski definition) is 5. The average molecular weight is 475 g/mol. The maximum Gasteiger partial charge on any atom is 0.450 e. The van der Waals surface area contributed by atoms with Crippen molar-refractivity contribution >= 4 is 28.5 Å². The zero-order chi connectivity index (χ0) is 23.8. The molecule has 5 nitrogen and oxygen atoms in total. The van der Waals surface area contributed by atoms with Crippen LogP contribution in [0.5, 0.6) is 11.5 Å². The van der Waals surface area contributed by atoms with Crippen molar-refractivity contribution in [2.45, 2.75) is 6.18 Å². The topological polar surface area (TPSA) is 65.7 Å². The highest BCUT2D eigenvalue weighted by molar-refractivity contribution is 6.30. The Hall–Kier alpha value is -3.78. The van der Waals surface area contributed by atoms with Gasteiger partial charge in [-0.1, -0.05) is 23.7 Å². The second-order valence-electron chi connectivity index (χ2n) is 6.92. The minimum Gasteiger partial charge on any atom is -0.497 e. The van der Waals surface area contributed by atoms with Gasteiger partial charge in [-0.05, 0) is 54.1 Å². The van der Waals surface area contributed by atoms with E-state index in [1.165, 1.54) is 67.8 Å². The zero-order valence-corrected chi connectivity index (χ0v) is 17.7. The van der Waals surface area contributed by atoms with Crippen LogP contribution in [0.4, 0.5) is 13.2 Å². The SMILES string of the molecule is COc1ccc(-c2c(C(F)(F)F)oc3cc(OC(=O)c4ccc(Cl)cc4)ccc3c2=O)cc1. The van der Waals surface area contributed by atoms with Crippen LogP contribution in [0.25, 0.3) is 22.1 Å². The lowest BCUT2D eigenvalue weighted by Crippen LogP contribution is -2.16. The van der Waals surface area contributed by atoms with Gasteiger partial charge in [-0.2, -0.15) is 13.2 Å². The maximum absolute atomic E-state index is 13.8. The molecule has 0 aliphatic rings. The maximum atomic E-state index is 13.8. The summed E-state index contributed by atoms with van der Waals surface area (Å²) in [5.74, 6) is -1.87. The molecule has 0 N–H and O–H groups in total. The molecule has 0 spiro atoms. The Morgan fingerprint density at radius 2 is 1.58 bits per heavy atom. The third-order valence-corrected chi connectivity index (χ3v) is 5.04. The Balaban J connectivity index is 1.80. The lowest BCUT2D eigenvalue weighted by Gasteiger charge is -2.13. The number of ether oxygens (including phenoxy) is 2. The number of rotatable bonds is 4. The summed E-state index contributed by atoms with van der Waals surface area (Å²) in [4.78, 5) is 25.3. The number of alkyl halides is 3. The van der Waals surface area contributed by atoms with Crippen LogP contribution in [0.2, 0.25) is 5.02 Å². The van der Waals surface area contributed by atoms with Gasteiger partial charge in [-0.3, -0.25) is 4.79 Å². The molecule has 168 valence electrons. The first-order valence-corrected chi connectivity index (χ1v) is 9.85. The summed E-state index contributed by atoms with van der Waals surface area (Å²) in [6, 6.07) is 15.1. The molecular weight excluding hydrogens is 461 g/mol. The predicted molar refractivity (Wildman–Crippen MR) is 116 cm³/mol. The van der Waals surface area contributed by atoms with E-state index in [4.69, 9.17) is 25.5 Å². The second-order valence-corrected chi connectivity index (χ2v) is 7.35. The van der Waals surface area contributed by atoms with Crippen molar-refractivity contribution in [2.75, 3.05) is 7.11 Å². The van der Waals surface area contributed by atoms with Gasteiger partial charge in [0.2, 0.25) is 11.2 Å². The van der Waals surface area contributed by atoms with Crippen molar-refractivity contribution in [3.8, 4) is 22.6 Å². The first-order chi connectivity index (χ1) is 15.7. The molecule has 0 aliphatic carbocycles. The van der Waals surface area contributed by atoms with E-state index in [-0.39, 0.29) is 27.8 Å². The van der Waals surface area contributed by atoms with E-state index in [2.05, 4.69) is 0 Å². The average Bonchev–Trinajstić information content (AvgIpc) is 2.79. The van der Waals surface area contributed by atoms with Gasteiger partial charge in [0.05, 0.1) is 23.6 Å². The summed E-state index contributed by atoms with van der Waals surface area (Å²) < 4.78 is 56.8. The lowest BCUT2D eigenvalue weighted by atomic mass is 10.0. The highest BCUT2D eigenvalue weighted by Crippen LogP contribution is 2.38. The van der Waals surface area contributed by atoms with Crippen LogP contribution in [-0.2, 0) is 6.18 Å². The van der Waals surface area contributed by atoms with Crippen molar-refractivity contribution in [1.29, 1.82) is 0 Å². The molecule has 9 heteroatoms. The van der Waals surface area contributed by atoms with Gasteiger partial charge < -0.3 is 13.9 Å². The highest BCUT2D eigenvalue weighted by Gasteiger charge is 2.39. The summed E-state index contributed by atoms with van der Waals surface area (Å²) in [6.07, 6.45) is -4.95. The first kappa shape index (κ1) is 22.4. The van der Waals surface area contributed by atoms with E-state index >= 15 is 0 Å². The first-order valence-electron chi connectivity index (χ1n) is 9.47. The van der Waals surface area contributed by atoms with Crippen molar-refractivity contribution < 1.29 is 31.9 Å². The third kappa shape index (κ3) is 4.56. The van der Waals surface area contributed by atoms with Gasteiger partial charge in [-0.15, -0.1) is 0 Å². The number of fused-ring (bicyclic) bond motifs is 1. The molecule has 0 aliphatic heterocycles. The highest BCUT2D eigenvalue weighted by atomic mass is 35.5. The van der Waals surface area contributed by atoms with Gasteiger partial charge >= 0.3 is 12.1 Å². The zero-order valence-electron chi connectivity index (χ0n) is 16.9. The monoisotopic (exact) mass is 474 g/mol. The Bertz CT molecular complexity index is 1390. The lowest BCUT2D eigenvalue weighted by molar-refractivity contribution is -0.152. The molecule has 0 radical (unpaired) electrons. The van der Waals surface area contributed by atoms with Gasteiger partial charge in [-0.25, -0.2) is 4.79 Å². The number of carbonyl (C=O) groups excluding carboxylic acids is 1. The molecule has 33 heavy (non-hydrogen) atoms. The van der Waals surface area contributed by atoms with Crippen LogP contribution >= 0.6 is 11.6 Å². The van der Waals surface area contributed by atoms with E-state index < -0.39 is 28.9 Å². The fourth-order valence-electron chi connectivity index (χ4n) is 3.21. The molecule has 0 fully saturated rings. The van der Waals surface area contributed by atoms with Crippen LogP contribution in [-0.4, -0.2) is 13.1 Å². The van der Waals surface area contributed by atoms with E-state index in [9.17, 15) is 22.8 Å². The van der Waals surface area contributed by atoms with Gasteiger partial charge in [0.15, 0.2) is 0 Å². The Morgan fingerprint density at radius 3 is 2.18 bits per heavy atom. The van der Waals surface area contributed by atoms with Gasteiger partial charge in [0.1, 0.15) is 17.1 Å². The van der Waals surface area contributed by atoms with Crippen LogP contribution < -0.4 is 14.9 Å². The molecule has 0 atom stereocenters. The standard InChI is InChI=1S/C24H14ClF3O5/c1-31-16-8-4-13(5-9-16)20-21(29)18-11-10-17(12-19(18)33-22(20)24(26,27)28)32-23(30)14-2-6-15(25)7-3-14/h2-12H,1H3. The molecular formula is C24H14ClF3O5. The fourth-order valence-corrected chi connectivity index (χ4v) is 3.33. The predicted octanol–water partition coefficient (Wildman–Crippen LogP) is 6.36. The molecule has 0 unspecified atom stereocenters. The minimum atomic E-state index is -4.95. The molecule has 0 bridgehead atoms. The quantitative estimate of drug-likeness (QED) is 0.254. The fraction of sp³-hybridized carbons (Fsp3) is 0.0833. The van der Waals surface area contributed by atoms with E-state index in [1.54, 1.807) is 0 Å². The van der Waals surface area contributed by atoms with E-state index in [0.29, 0.717) is 10.8 Å². The van der Waals surface area contributed by atoms with Crippen molar-refractivity contribution in [1.82, 2.24) is 0 Å². The Labute approximate surface area is 189 Å². The van der Waals surface area contributed by atoms with Gasteiger partial charge in [0, 0.05) is 11.1 Å². The summed E-state index contributed by atoms with van der Waals surface area (Å²) in [7, 11) is 1.41. The van der Waals surface area contributed by atoms with Gasteiger partial charge in [0.25, 0.3) is 0 Å². The van der Waals surface area contributed by atoms with Crippen LogP contribution in [0, 0.1) is 0 Å². The van der Waals surface area contributed by atoms with E-state index in [0.717, 1.165) is 6.07 Å². The Morgan fingerprint density at radius 1 is 0.939 bits per heavy atom. The number of halogens is 4. The molecule has 1 aromatic heterocycles. The summed E-state index contributed by atoms with van der Waals surface area (Å²) in [6.45, 7) is 0. The van der Waals surface area contributed by atoms with Crippen LogP contribution in [0.3, 0.4) is 0 Å². The minimum absolute atomic E-state index is 0.0250. The van der Waals surface area contributed by atoms with Crippen LogP contribution in [0.15, 0.2) is 75.9 Å². The summed E-state index contributed by atoms with van der Waals surface area (Å²) in [5.41, 5.74) is -1.65. The molecule has 0 saturated heterocycles. The normalized spacial score (nSPS) is 11.4. The molecule has 1 heterocycles. The number of methoxy groups -OCH3 is 1. The van der Waals surface area contributed by atoms with Crippen molar-refractivity contribution in [3.05, 3.63) is 93.3 Å². The van der Waals surface area contributed by atoms with E-state index in [1.807, 2.05) is 0 Å².